The van der Waals surface area contributed by atoms with Crippen LogP contribution >= 0.6 is 11.6 Å². The molecular weight excluding hydrogens is 468 g/mol. The number of carbonyl (C=O) groups excluding carboxylic acids is 2. The molecule has 8 nitrogen and oxygen atoms in total. The molecule has 2 aromatic carbocycles. The molecule has 2 heterocycles. The Kier molecular flexibility index (Phi) is 7.83. The summed E-state index contributed by atoms with van der Waals surface area (Å²) in [5.41, 5.74) is 0.887. The molecule has 1 saturated heterocycles. The van der Waals surface area contributed by atoms with Crippen molar-refractivity contribution in [1.82, 2.24) is 19.6 Å². The predicted octanol–water partition coefficient (Wildman–Crippen LogP) is 3.52. The summed E-state index contributed by atoms with van der Waals surface area (Å²) in [6.07, 6.45) is 0.734. The number of rotatable bonds is 7. The zero-order valence-corrected chi connectivity index (χ0v) is 20.7. The van der Waals surface area contributed by atoms with E-state index in [0.717, 1.165) is 12.0 Å². The fourth-order valence-corrected chi connectivity index (χ4v) is 4.58. The van der Waals surface area contributed by atoms with E-state index in [-0.39, 0.29) is 29.7 Å². The molecule has 0 saturated carbocycles. The third-order valence-electron chi connectivity index (χ3n) is 6.17. The lowest BCUT2D eigenvalue weighted by molar-refractivity contribution is -0.150. The third kappa shape index (κ3) is 5.23. The van der Waals surface area contributed by atoms with Gasteiger partial charge in [-0.15, -0.1) is 0 Å². The number of hydrogen-bond acceptors (Lipinski definition) is 6. The SMILES string of the molecule is CCCn1nc(C(=O)N2CCN(C(C(=O)OCC)c3ccc(Cl)cc3)CC2)c2ccccc2c1=O. The molecule has 1 aromatic heterocycles. The van der Waals surface area contributed by atoms with Crippen molar-refractivity contribution in [3.05, 3.63) is 75.2 Å². The lowest BCUT2D eigenvalue weighted by Crippen LogP contribution is -2.51. The molecule has 35 heavy (non-hydrogen) atoms. The molecule has 0 bridgehead atoms. The van der Waals surface area contributed by atoms with Gasteiger partial charge in [0.15, 0.2) is 5.69 Å². The first kappa shape index (κ1) is 24.9. The second-order valence-electron chi connectivity index (χ2n) is 8.46. The van der Waals surface area contributed by atoms with Crippen LogP contribution in [0.3, 0.4) is 0 Å². The molecule has 1 aliphatic heterocycles. The van der Waals surface area contributed by atoms with E-state index >= 15 is 0 Å². The Morgan fingerprint density at radius 3 is 2.29 bits per heavy atom. The predicted molar refractivity (Wildman–Crippen MR) is 135 cm³/mol. The van der Waals surface area contributed by atoms with E-state index in [4.69, 9.17) is 16.3 Å². The maximum atomic E-state index is 13.5. The van der Waals surface area contributed by atoms with Crippen molar-refractivity contribution in [2.75, 3.05) is 32.8 Å². The number of esters is 1. The fourth-order valence-electron chi connectivity index (χ4n) is 4.45. The second-order valence-corrected chi connectivity index (χ2v) is 8.89. The van der Waals surface area contributed by atoms with Crippen LogP contribution in [-0.2, 0) is 16.1 Å². The van der Waals surface area contributed by atoms with Crippen LogP contribution < -0.4 is 5.56 Å². The number of nitrogens with zero attached hydrogens (tertiary/aromatic N) is 4. The first-order chi connectivity index (χ1) is 16.9. The Morgan fingerprint density at radius 2 is 1.66 bits per heavy atom. The molecule has 9 heteroatoms. The number of ether oxygens (including phenoxy) is 1. The molecule has 0 aliphatic carbocycles. The summed E-state index contributed by atoms with van der Waals surface area (Å²) >= 11 is 6.04. The number of carbonyl (C=O) groups is 2. The first-order valence-corrected chi connectivity index (χ1v) is 12.3. The Bertz CT molecular complexity index is 1270. The quantitative estimate of drug-likeness (QED) is 0.465. The molecule has 4 rings (SSSR count). The van der Waals surface area contributed by atoms with Gasteiger partial charge in [-0.2, -0.15) is 5.10 Å². The highest BCUT2D eigenvalue weighted by Gasteiger charge is 2.33. The molecule has 184 valence electrons. The van der Waals surface area contributed by atoms with Crippen molar-refractivity contribution in [3.63, 3.8) is 0 Å². The lowest BCUT2D eigenvalue weighted by Gasteiger charge is -2.38. The van der Waals surface area contributed by atoms with Crippen molar-refractivity contribution in [1.29, 1.82) is 0 Å². The average Bonchev–Trinajstić information content (AvgIpc) is 2.87. The number of piperazine rings is 1. The van der Waals surface area contributed by atoms with Gasteiger partial charge in [0.1, 0.15) is 6.04 Å². The van der Waals surface area contributed by atoms with Crippen molar-refractivity contribution < 1.29 is 14.3 Å². The van der Waals surface area contributed by atoms with Gasteiger partial charge in [-0.3, -0.25) is 14.5 Å². The molecule has 0 radical (unpaired) electrons. The molecule has 0 spiro atoms. The Morgan fingerprint density at radius 1 is 1.00 bits per heavy atom. The van der Waals surface area contributed by atoms with E-state index in [1.807, 2.05) is 24.0 Å². The highest BCUT2D eigenvalue weighted by Crippen LogP contribution is 2.26. The smallest absolute Gasteiger partial charge is 0.328 e. The first-order valence-electron chi connectivity index (χ1n) is 11.9. The summed E-state index contributed by atoms with van der Waals surface area (Å²) in [4.78, 5) is 42.9. The van der Waals surface area contributed by atoms with Crippen LogP contribution in [-0.4, -0.2) is 64.2 Å². The van der Waals surface area contributed by atoms with Crippen LogP contribution in [0.2, 0.25) is 5.02 Å². The normalized spacial score (nSPS) is 15.2. The summed E-state index contributed by atoms with van der Waals surface area (Å²) in [5.74, 6) is -0.543. The average molecular weight is 497 g/mol. The molecule has 1 aliphatic rings. The molecular formula is C26H29ClN4O4. The summed E-state index contributed by atoms with van der Waals surface area (Å²) in [7, 11) is 0. The highest BCUT2D eigenvalue weighted by molar-refractivity contribution is 6.30. The van der Waals surface area contributed by atoms with E-state index < -0.39 is 6.04 Å². The number of amides is 1. The number of hydrogen-bond donors (Lipinski definition) is 0. The van der Waals surface area contributed by atoms with Crippen LogP contribution in [0.5, 0.6) is 0 Å². The second kappa shape index (κ2) is 11.0. The standard InChI is InChI=1S/C26H29ClN4O4/c1-3-13-31-24(32)21-8-6-5-7-20(21)22(28-31)25(33)30-16-14-29(15-17-30)23(26(34)35-4-2)18-9-11-19(27)12-10-18/h5-12,23H,3-4,13-17H2,1-2H3. The van der Waals surface area contributed by atoms with Crippen LogP contribution in [0.1, 0.15) is 42.4 Å². The minimum absolute atomic E-state index is 0.191. The molecule has 1 fully saturated rings. The van der Waals surface area contributed by atoms with Gasteiger partial charge in [-0.25, -0.2) is 9.48 Å². The van der Waals surface area contributed by atoms with Crippen molar-refractivity contribution in [3.8, 4) is 0 Å². The van der Waals surface area contributed by atoms with Gasteiger partial charge in [0.05, 0.1) is 12.0 Å². The molecule has 1 atom stereocenters. The van der Waals surface area contributed by atoms with Crippen molar-refractivity contribution in [2.24, 2.45) is 0 Å². The summed E-state index contributed by atoms with van der Waals surface area (Å²) in [6.45, 7) is 6.30. The summed E-state index contributed by atoms with van der Waals surface area (Å²) in [5, 5.41) is 6.08. The van der Waals surface area contributed by atoms with Crippen LogP contribution in [0.15, 0.2) is 53.3 Å². The third-order valence-corrected chi connectivity index (χ3v) is 6.42. The minimum Gasteiger partial charge on any atom is -0.465 e. The summed E-state index contributed by atoms with van der Waals surface area (Å²) in [6, 6.07) is 13.7. The number of benzene rings is 2. The number of aryl methyl sites for hydroxylation is 1. The van der Waals surface area contributed by atoms with Crippen LogP contribution in [0, 0.1) is 0 Å². The van der Waals surface area contributed by atoms with E-state index in [9.17, 15) is 14.4 Å². The maximum absolute atomic E-state index is 13.5. The Balaban J connectivity index is 1.57. The molecule has 1 unspecified atom stereocenters. The van der Waals surface area contributed by atoms with E-state index in [0.29, 0.717) is 48.5 Å². The maximum Gasteiger partial charge on any atom is 0.328 e. The van der Waals surface area contributed by atoms with Gasteiger partial charge in [0, 0.05) is 43.1 Å². The minimum atomic E-state index is -0.574. The van der Waals surface area contributed by atoms with Gasteiger partial charge in [-0.05, 0) is 37.1 Å². The van der Waals surface area contributed by atoms with Gasteiger partial charge < -0.3 is 9.64 Å². The van der Waals surface area contributed by atoms with Gasteiger partial charge >= 0.3 is 5.97 Å². The van der Waals surface area contributed by atoms with Crippen LogP contribution in [0.4, 0.5) is 0 Å². The number of halogens is 1. The molecule has 3 aromatic rings. The van der Waals surface area contributed by atoms with Gasteiger partial charge in [-0.1, -0.05) is 48.9 Å². The lowest BCUT2D eigenvalue weighted by atomic mass is 10.0. The topological polar surface area (TPSA) is 84.7 Å². The highest BCUT2D eigenvalue weighted by atomic mass is 35.5. The monoisotopic (exact) mass is 496 g/mol. The zero-order chi connectivity index (χ0) is 24.9. The van der Waals surface area contributed by atoms with Gasteiger partial charge in [0.25, 0.3) is 11.5 Å². The van der Waals surface area contributed by atoms with Gasteiger partial charge in [0.2, 0.25) is 0 Å². The Hall–Kier alpha value is -3.23. The van der Waals surface area contributed by atoms with Crippen LogP contribution in [0.25, 0.3) is 10.8 Å². The molecule has 1 amide bonds. The Labute approximate surface area is 209 Å². The van der Waals surface area contributed by atoms with E-state index in [1.165, 1.54) is 4.68 Å². The molecule has 0 N–H and O–H groups in total. The fraction of sp³-hybridized carbons (Fsp3) is 0.385. The largest absolute Gasteiger partial charge is 0.465 e. The number of aromatic nitrogens is 2. The number of fused-ring (bicyclic) bond motifs is 1. The van der Waals surface area contributed by atoms with Crippen molar-refractivity contribution >= 4 is 34.2 Å². The van der Waals surface area contributed by atoms with Crippen molar-refractivity contribution in [2.45, 2.75) is 32.9 Å². The zero-order valence-electron chi connectivity index (χ0n) is 19.9. The van der Waals surface area contributed by atoms with E-state index in [1.54, 1.807) is 48.2 Å². The van der Waals surface area contributed by atoms with E-state index in [2.05, 4.69) is 5.10 Å². The summed E-state index contributed by atoms with van der Waals surface area (Å²) < 4.78 is 6.72.